The third-order valence-corrected chi connectivity index (χ3v) is 3.39. The van der Waals surface area contributed by atoms with Gasteiger partial charge in [0, 0.05) is 6.42 Å². The first kappa shape index (κ1) is 18.4. The molecule has 0 aliphatic rings. The van der Waals surface area contributed by atoms with E-state index in [4.69, 9.17) is 16.3 Å². The molecule has 0 aromatic carbocycles. The van der Waals surface area contributed by atoms with Crippen LogP contribution in [0.3, 0.4) is 0 Å². The van der Waals surface area contributed by atoms with Crippen LogP contribution in [0.25, 0.3) is 0 Å². The number of hydrogen-bond donors (Lipinski definition) is 0. The number of rotatable bonds is 12. The van der Waals surface area contributed by atoms with E-state index in [2.05, 4.69) is 0 Å². The van der Waals surface area contributed by atoms with Gasteiger partial charge in [0.25, 0.3) is 0 Å². The Bertz CT molecular complexity index is 254. The molecule has 0 aliphatic carbocycles. The number of esters is 1. The van der Waals surface area contributed by atoms with Gasteiger partial charge in [0.2, 0.25) is 5.24 Å². The second kappa shape index (κ2) is 12.5. The van der Waals surface area contributed by atoms with Gasteiger partial charge in [-0.25, -0.2) is 0 Å². The number of unbranched alkanes of at least 4 members (excludes halogenated alkanes) is 6. The van der Waals surface area contributed by atoms with Crippen molar-refractivity contribution < 1.29 is 14.3 Å². The molecule has 0 rings (SSSR count). The van der Waals surface area contributed by atoms with Crippen LogP contribution in [0.4, 0.5) is 0 Å². The first-order valence-electron chi connectivity index (χ1n) is 7.42. The molecule has 3 nitrogen and oxygen atoms in total. The summed E-state index contributed by atoms with van der Waals surface area (Å²) < 4.78 is 4.97. The maximum Gasteiger partial charge on any atom is 0.308 e. The fraction of sp³-hybridized carbons (Fsp3) is 0.867. The normalized spacial score (nSPS) is 12.2. The zero-order valence-electron chi connectivity index (χ0n) is 12.3. The molecule has 0 N–H and O–H groups in total. The highest BCUT2D eigenvalue weighted by Crippen LogP contribution is 2.14. The van der Waals surface area contributed by atoms with Crippen LogP contribution in [0.5, 0.6) is 0 Å². The molecule has 1 atom stereocenters. The Morgan fingerprint density at radius 2 is 1.53 bits per heavy atom. The number of ether oxygens (including phenoxy) is 1. The smallest absolute Gasteiger partial charge is 0.308 e. The molecule has 0 aromatic rings. The summed E-state index contributed by atoms with van der Waals surface area (Å²) in [5.41, 5.74) is 0. The standard InChI is InChI=1S/C15H27ClO3/c1-3-19-15(18)13(2)11-9-7-5-4-6-8-10-12-14(16)17/h13H,3-12H2,1-2H3/t13-/m0/s1. The fourth-order valence-electron chi connectivity index (χ4n) is 2.00. The fourth-order valence-corrected chi connectivity index (χ4v) is 2.13. The van der Waals surface area contributed by atoms with Crippen molar-refractivity contribution in [2.75, 3.05) is 6.61 Å². The van der Waals surface area contributed by atoms with Gasteiger partial charge < -0.3 is 4.74 Å². The molecule has 0 fully saturated rings. The van der Waals surface area contributed by atoms with Crippen molar-refractivity contribution >= 4 is 22.8 Å². The second-order valence-electron chi connectivity index (χ2n) is 5.02. The second-order valence-corrected chi connectivity index (χ2v) is 5.44. The van der Waals surface area contributed by atoms with Crippen LogP contribution >= 0.6 is 11.6 Å². The summed E-state index contributed by atoms with van der Waals surface area (Å²) in [5, 5.41) is -0.229. The minimum Gasteiger partial charge on any atom is -0.466 e. The van der Waals surface area contributed by atoms with Gasteiger partial charge in [-0.3, -0.25) is 9.59 Å². The molecule has 0 spiro atoms. The lowest BCUT2D eigenvalue weighted by molar-refractivity contribution is -0.147. The molecule has 0 aliphatic heterocycles. The maximum atomic E-state index is 11.4. The lowest BCUT2D eigenvalue weighted by atomic mass is 10.0. The average molecular weight is 291 g/mol. The number of carbonyl (C=O) groups excluding carboxylic acids is 2. The monoisotopic (exact) mass is 290 g/mol. The molecule has 0 saturated heterocycles. The van der Waals surface area contributed by atoms with Crippen molar-refractivity contribution in [2.24, 2.45) is 5.92 Å². The van der Waals surface area contributed by atoms with Gasteiger partial charge in [-0.2, -0.15) is 0 Å². The van der Waals surface area contributed by atoms with Crippen molar-refractivity contribution in [2.45, 2.75) is 71.6 Å². The highest BCUT2D eigenvalue weighted by Gasteiger charge is 2.12. The molecule has 0 aromatic heterocycles. The molecule has 0 amide bonds. The molecule has 0 unspecified atom stereocenters. The van der Waals surface area contributed by atoms with Crippen molar-refractivity contribution in [3.05, 3.63) is 0 Å². The number of carbonyl (C=O) groups is 2. The summed E-state index contributed by atoms with van der Waals surface area (Å²) in [5.74, 6) is -0.0528. The Morgan fingerprint density at radius 1 is 1.00 bits per heavy atom. The molecule has 19 heavy (non-hydrogen) atoms. The summed E-state index contributed by atoms with van der Waals surface area (Å²) in [6.45, 7) is 4.23. The Balaban J connectivity index is 3.26. The van der Waals surface area contributed by atoms with Crippen molar-refractivity contribution in [3.8, 4) is 0 Å². The Labute approximate surface area is 122 Å². The van der Waals surface area contributed by atoms with Gasteiger partial charge in [0.15, 0.2) is 0 Å². The first-order valence-corrected chi connectivity index (χ1v) is 7.80. The van der Waals surface area contributed by atoms with Crippen LogP contribution in [0.1, 0.15) is 71.6 Å². The van der Waals surface area contributed by atoms with Gasteiger partial charge >= 0.3 is 5.97 Å². The Morgan fingerprint density at radius 3 is 2.05 bits per heavy atom. The SMILES string of the molecule is CCOC(=O)[C@@H](C)CCCCCCCCCC(=O)Cl. The van der Waals surface area contributed by atoms with E-state index in [0.29, 0.717) is 13.0 Å². The molecular weight excluding hydrogens is 264 g/mol. The minimum absolute atomic E-state index is 0.0229. The van der Waals surface area contributed by atoms with Crippen LogP contribution in [0.15, 0.2) is 0 Å². The van der Waals surface area contributed by atoms with Crippen molar-refractivity contribution in [3.63, 3.8) is 0 Å². The van der Waals surface area contributed by atoms with E-state index in [1.165, 1.54) is 12.8 Å². The summed E-state index contributed by atoms with van der Waals surface area (Å²) in [6, 6.07) is 0. The number of halogens is 1. The van der Waals surface area contributed by atoms with E-state index in [1.807, 2.05) is 13.8 Å². The van der Waals surface area contributed by atoms with Gasteiger partial charge in [-0.15, -0.1) is 0 Å². The summed E-state index contributed by atoms with van der Waals surface area (Å²) >= 11 is 5.26. The third kappa shape index (κ3) is 12.2. The van der Waals surface area contributed by atoms with Crippen LogP contribution in [0.2, 0.25) is 0 Å². The predicted molar refractivity (Wildman–Crippen MR) is 78.2 cm³/mol. The zero-order chi connectivity index (χ0) is 14.5. The number of hydrogen-bond acceptors (Lipinski definition) is 3. The van der Waals surface area contributed by atoms with E-state index in [9.17, 15) is 9.59 Å². The molecule has 0 bridgehead atoms. The molecular formula is C15H27ClO3. The van der Waals surface area contributed by atoms with E-state index >= 15 is 0 Å². The lowest BCUT2D eigenvalue weighted by Crippen LogP contribution is -2.14. The quantitative estimate of drug-likeness (QED) is 0.303. The van der Waals surface area contributed by atoms with Gasteiger partial charge in [0.1, 0.15) is 0 Å². The van der Waals surface area contributed by atoms with E-state index in [1.54, 1.807) is 0 Å². The zero-order valence-corrected chi connectivity index (χ0v) is 13.0. The summed E-state index contributed by atoms with van der Waals surface area (Å²) in [6.07, 6.45) is 9.21. The van der Waals surface area contributed by atoms with E-state index < -0.39 is 0 Å². The van der Waals surface area contributed by atoms with Crippen LogP contribution in [-0.4, -0.2) is 17.8 Å². The van der Waals surface area contributed by atoms with E-state index in [-0.39, 0.29) is 17.1 Å². The molecule has 0 saturated carbocycles. The topological polar surface area (TPSA) is 43.4 Å². The van der Waals surface area contributed by atoms with E-state index in [0.717, 1.165) is 38.5 Å². The van der Waals surface area contributed by atoms with Crippen LogP contribution in [-0.2, 0) is 14.3 Å². The van der Waals surface area contributed by atoms with Crippen LogP contribution in [0, 0.1) is 5.92 Å². The minimum atomic E-state index is -0.229. The molecule has 112 valence electrons. The first-order chi connectivity index (χ1) is 9.07. The Hall–Kier alpha value is -0.570. The molecule has 0 radical (unpaired) electrons. The maximum absolute atomic E-state index is 11.4. The predicted octanol–water partition coefficient (Wildman–Crippen LogP) is 4.46. The van der Waals surface area contributed by atoms with Crippen molar-refractivity contribution in [1.29, 1.82) is 0 Å². The summed E-state index contributed by atoms with van der Waals surface area (Å²) in [7, 11) is 0. The lowest BCUT2D eigenvalue weighted by Gasteiger charge is -2.09. The largest absolute Gasteiger partial charge is 0.466 e. The highest BCUT2D eigenvalue weighted by molar-refractivity contribution is 6.63. The highest BCUT2D eigenvalue weighted by atomic mass is 35.5. The van der Waals surface area contributed by atoms with Crippen LogP contribution < -0.4 is 0 Å². The van der Waals surface area contributed by atoms with Gasteiger partial charge in [-0.05, 0) is 31.4 Å². The Kier molecular flexibility index (Phi) is 12.1. The van der Waals surface area contributed by atoms with Gasteiger partial charge in [0.05, 0.1) is 12.5 Å². The molecule has 0 heterocycles. The van der Waals surface area contributed by atoms with Crippen molar-refractivity contribution in [1.82, 2.24) is 0 Å². The van der Waals surface area contributed by atoms with Gasteiger partial charge in [-0.1, -0.05) is 45.4 Å². The third-order valence-electron chi connectivity index (χ3n) is 3.20. The summed E-state index contributed by atoms with van der Waals surface area (Å²) in [4.78, 5) is 21.9. The molecule has 4 heteroatoms. The average Bonchev–Trinajstić information content (AvgIpc) is 2.36.